The highest BCUT2D eigenvalue weighted by atomic mass is 19.3. The fourth-order valence-electron chi connectivity index (χ4n) is 1.77. The number of hydrogen-bond donors (Lipinski definition) is 1. The Morgan fingerprint density at radius 1 is 1.62 bits per heavy atom. The first kappa shape index (κ1) is 13.3. The van der Waals surface area contributed by atoms with Crippen LogP contribution in [0.4, 0.5) is 8.78 Å². The molecule has 0 aliphatic carbocycles. The third-order valence-electron chi connectivity index (χ3n) is 2.67. The molecule has 1 heterocycles. The van der Waals surface area contributed by atoms with E-state index < -0.39 is 25.0 Å². The highest BCUT2D eigenvalue weighted by molar-refractivity contribution is 5.81. The number of alkyl halides is 2. The third-order valence-corrected chi connectivity index (χ3v) is 2.67. The molecule has 0 aromatic rings. The molecule has 0 aromatic heterocycles. The van der Waals surface area contributed by atoms with E-state index in [0.29, 0.717) is 6.61 Å². The highest BCUT2D eigenvalue weighted by Crippen LogP contribution is 2.22. The Balaban J connectivity index is 2.58. The van der Waals surface area contributed by atoms with Crippen molar-refractivity contribution in [2.24, 2.45) is 5.92 Å². The fraction of sp³-hybridized carbons (Fsp3) is 0.900. The van der Waals surface area contributed by atoms with Crippen molar-refractivity contribution in [3.63, 3.8) is 0 Å². The number of carbonyl (C=O) groups is 1. The van der Waals surface area contributed by atoms with Gasteiger partial charge in [0.15, 0.2) is 0 Å². The molecule has 2 atom stereocenters. The molecular formula is C10H17F2NO3. The van der Waals surface area contributed by atoms with Gasteiger partial charge in [-0.1, -0.05) is 6.92 Å². The van der Waals surface area contributed by atoms with Gasteiger partial charge < -0.3 is 14.7 Å². The molecule has 0 bridgehead atoms. The Hall–Kier alpha value is -0.750. The quantitative estimate of drug-likeness (QED) is 0.757. The summed E-state index contributed by atoms with van der Waals surface area (Å²) >= 11 is 0. The van der Waals surface area contributed by atoms with Gasteiger partial charge in [0.25, 0.3) is 12.3 Å². The number of nitrogens with zero attached hydrogens (tertiary/aromatic N) is 1. The number of aliphatic hydroxyl groups is 1. The molecule has 94 valence electrons. The molecule has 0 aromatic carbocycles. The minimum Gasteiger partial charge on any atom is -0.395 e. The fourth-order valence-corrected chi connectivity index (χ4v) is 1.77. The first-order valence-electron chi connectivity index (χ1n) is 5.35. The van der Waals surface area contributed by atoms with Gasteiger partial charge in [-0.15, -0.1) is 0 Å². The zero-order valence-electron chi connectivity index (χ0n) is 9.23. The molecule has 1 N–H and O–H groups in total. The van der Waals surface area contributed by atoms with E-state index >= 15 is 0 Å². The normalized spacial score (nSPS) is 25.1. The summed E-state index contributed by atoms with van der Waals surface area (Å²) in [5, 5.41) is 8.73. The second-order valence-corrected chi connectivity index (χ2v) is 3.96. The Kier molecular flexibility index (Phi) is 5.08. The predicted molar refractivity (Wildman–Crippen MR) is 53.2 cm³/mol. The highest BCUT2D eigenvalue weighted by Gasteiger charge is 2.34. The van der Waals surface area contributed by atoms with Gasteiger partial charge in [-0.2, -0.15) is 0 Å². The van der Waals surface area contributed by atoms with Crippen molar-refractivity contribution in [1.29, 1.82) is 0 Å². The number of hydrogen-bond acceptors (Lipinski definition) is 3. The van der Waals surface area contributed by atoms with Crippen molar-refractivity contribution in [3.05, 3.63) is 0 Å². The predicted octanol–water partition coefficient (Wildman–Crippen LogP) is 0.497. The van der Waals surface area contributed by atoms with Crippen LogP contribution in [0.25, 0.3) is 0 Å². The summed E-state index contributed by atoms with van der Waals surface area (Å²) in [5.74, 6) is -0.397. The number of aliphatic hydroxyl groups excluding tert-OH is 1. The number of carbonyl (C=O) groups excluding carboxylic acids is 1. The van der Waals surface area contributed by atoms with Crippen LogP contribution in [-0.2, 0) is 9.53 Å². The molecule has 1 aliphatic rings. The monoisotopic (exact) mass is 237 g/mol. The van der Waals surface area contributed by atoms with Gasteiger partial charge >= 0.3 is 0 Å². The minimum atomic E-state index is -2.59. The SMILES string of the molecule is CC1CCOC1C(=O)N(CCO)CC(F)F. The average molecular weight is 237 g/mol. The van der Waals surface area contributed by atoms with E-state index in [0.717, 1.165) is 11.3 Å². The summed E-state index contributed by atoms with van der Waals surface area (Å²) in [6.07, 6.45) is -2.46. The van der Waals surface area contributed by atoms with Gasteiger partial charge in [0.1, 0.15) is 6.10 Å². The topological polar surface area (TPSA) is 49.8 Å². The lowest BCUT2D eigenvalue weighted by molar-refractivity contribution is -0.145. The van der Waals surface area contributed by atoms with Gasteiger partial charge in [-0.05, 0) is 12.3 Å². The molecule has 0 saturated carbocycles. The zero-order chi connectivity index (χ0) is 12.1. The van der Waals surface area contributed by atoms with Crippen LogP contribution < -0.4 is 0 Å². The Morgan fingerprint density at radius 3 is 2.75 bits per heavy atom. The van der Waals surface area contributed by atoms with Crippen LogP contribution in [-0.4, -0.2) is 54.7 Å². The Labute approximate surface area is 93.2 Å². The molecule has 1 aliphatic heterocycles. The van der Waals surface area contributed by atoms with Crippen LogP contribution in [0, 0.1) is 5.92 Å². The summed E-state index contributed by atoms with van der Waals surface area (Å²) in [4.78, 5) is 12.8. The van der Waals surface area contributed by atoms with Crippen molar-refractivity contribution >= 4 is 5.91 Å². The molecule has 0 spiro atoms. The molecule has 1 fully saturated rings. The molecule has 1 rings (SSSR count). The summed E-state index contributed by atoms with van der Waals surface area (Å²) in [6, 6.07) is 0. The number of rotatable bonds is 5. The summed E-state index contributed by atoms with van der Waals surface area (Å²) in [5.41, 5.74) is 0. The first-order chi connectivity index (χ1) is 7.56. The van der Waals surface area contributed by atoms with Crippen LogP contribution in [0.1, 0.15) is 13.3 Å². The van der Waals surface area contributed by atoms with E-state index in [1.54, 1.807) is 0 Å². The van der Waals surface area contributed by atoms with Crippen molar-refractivity contribution in [2.75, 3.05) is 26.3 Å². The van der Waals surface area contributed by atoms with Crippen LogP contribution in [0.15, 0.2) is 0 Å². The lowest BCUT2D eigenvalue weighted by Gasteiger charge is -2.25. The van der Waals surface area contributed by atoms with E-state index in [4.69, 9.17) is 9.84 Å². The summed E-state index contributed by atoms with van der Waals surface area (Å²) in [7, 11) is 0. The number of amides is 1. The van der Waals surface area contributed by atoms with Crippen molar-refractivity contribution in [2.45, 2.75) is 25.9 Å². The summed E-state index contributed by atoms with van der Waals surface area (Å²) in [6.45, 7) is 1.30. The van der Waals surface area contributed by atoms with Gasteiger partial charge in [0.2, 0.25) is 0 Å². The summed E-state index contributed by atoms with van der Waals surface area (Å²) < 4.78 is 29.7. The molecule has 0 radical (unpaired) electrons. The zero-order valence-corrected chi connectivity index (χ0v) is 9.23. The van der Waals surface area contributed by atoms with E-state index in [9.17, 15) is 13.6 Å². The molecule has 1 saturated heterocycles. The van der Waals surface area contributed by atoms with Gasteiger partial charge in [0.05, 0.1) is 13.2 Å². The smallest absolute Gasteiger partial charge is 0.255 e. The number of halogens is 2. The van der Waals surface area contributed by atoms with Crippen LogP contribution in [0.3, 0.4) is 0 Å². The number of ether oxygens (including phenoxy) is 1. The maximum atomic E-state index is 12.2. The molecule has 6 heteroatoms. The lowest BCUT2D eigenvalue weighted by atomic mass is 10.0. The lowest BCUT2D eigenvalue weighted by Crippen LogP contribution is -2.44. The third kappa shape index (κ3) is 3.38. The Morgan fingerprint density at radius 2 is 2.31 bits per heavy atom. The van der Waals surface area contributed by atoms with Gasteiger partial charge in [-0.3, -0.25) is 4.79 Å². The van der Waals surface area contributed by atoms with Crippen LogP contribution >= 0.6 is 0 Å². The first-order valence-corrected chi connectivity index (χ1v) is 5.35. The molecule has 1 amide bonds. The second-order valence-electron chi connectivity index (χ2n) is 3.96. The van der Waals surface area contributed by atoms with E-state index in [-0.39, 0.29) is 19.1 Å². The Bertz CT molecular complexity index is 238. The van der Waals surface area contributed by atoms with E-state index in [1.807, 2.05) is 6.92 Å². The van der Waals surface area contributed by atoms with Gasteiger partial charge in [-0.25, -0.2) is 8.78 Å². The average Bonchev–Trinajstić information content (AvgIpc) is 2.62. The minimum absolute atomic E-state index is 0.0476. The maximum Gasteiger partial charge on any atom is 0.255 e. The second kappa shape index (κ2) is 6.10. The van der Waals surface area contributed by atoms with Crippen molar-refractivity contribution < 1.29 is 23.4 Å². The van der Waals surface area contributed by atoms with Gasteiger partial charge in [0, 0.05) is 13.2 Å². The molecular weight excluding hydrogens is 220 g/mol. The standard InChI is InChI=1S/C10H17F2NO3/c1-7-2-5-16-9(7)10(15)13(3-4-14)6-8(11)12/h7-9,14H,2-6H2,1H3. The van der Waals surface area contributed by atoms with Crippen LogP contribution in [0.2, 0.25) is 0 Å². The molecule has 16 heavy (non-hydrogen) atoms. The van der Waals surface area contributed by atoms with Crippen LogP contribution in [0.5, 0.6) is 0 Å². The van der Waals surface area contributed by atoms with E-state index in [2.05, 4.69) is 0 Å². The van der Waals surface area contributed by atoms with Crippen molar-refractivity contribution in [1.82, 2.24) is 4.90 Å². The van der Waals surface area contributed by atoms with Crippen molar-refractivity contribution in [3.8, 4) is 0 Å². The largest absolute Gasteiger partial charge is 0.395 e. The molecule has 4 nitrogen and oxygen atoms in total. The van der Waals surface area contributed by atoms with E-state index in [1.165, 1.54) is 0 Å². The maximum absolute atomic E-state index is 12.2. The molecule has 2 unspecified atom stereocenters.